The highest BCUT2D eigenvalue weighted by Gasteiger charge is 2.33. The van der Waals surface area contributed by atoms with Gasteiger partial charge in [0.2, 0.25) is 0 Å². The van der Waals surface area contributed by atoms with Crippen molar-refractivity contribution in [3.8, 4) is 5.75 Å². The number of aromatic nitrogens is 1. The van der Waals surface area contributed by atoms with Gasteiger partial charge in [-0.15, -0.1) is 0 Å². The van der Waals surface area contributed by atoms with E-state index in [2.05, 4.69) is 4.98 Å². The third-order valence-electron chi connectivity index (χ3n) is 4.45. The summed E-state index contributed by atoms with van der Waals surface area (Å²) in [6.07, 6.45) is 0.147. The van der Waals surface area contributed by atoms with Gasteiger partial charge in [0.15, 0.2) is 11.9 Å². The molecule has 0 saturated carbocycles. The van der Waals surface area contributed by atoms with Crippen LogP contribution in [0.4, 0.5) is 0 Å². The van der Waals surface area contributed by atoms with Crippen LogP contribution in [-0.2, 0) is 21.0 Å². The summed E-state index contributed by atoms with van der Waals surface area (Å²) in [5.41, 5.74) is 2.93. The Morgan fingerprint density at radius 1 is 1.32 bits per heavy atom. The second-order valence-electron chi connectivity index (χ2n) is 6.79. The maximum absolute atomic E-state index is 12.6. The van der Waals surface area contributed by atoms with Gasteiger partial charge in [0, 0.05) is 22.3 Å². The number of hydrogen-bond donors (Lipinski definition) is 2. The van der Waals surface area contributed by atoms with E-state index in [1.165, 1.54) is 0 Å². The smallest absolute Gasteiger partial charge is 0.343 e. The van der Waals surface area contributed by atoms with Gasteiger partial charge < -0.3 is 9.47 Å². The van der Waals surface area contributed by atoms with Crippen LogP contribution in [0.2, 0.25) is 5.02 Å². The van der Waals surface area contributed by atoms with Gasteiger partial charge in [0.1, 0.15) is 6.10 Å². The Balaban J connectivity index is 1.89. The first-order chi connectivity index (χ1) is 13.3. The fourth-order valence-corrected chi connectivity index (χ4v) is 3.16. The minimum atomic E-state index is -1.21. The quantitative estimate of drug-likeness (QED) is 0.552. The van der Waals surface area contributed by atoms with Crippen LogP contribution in [0.1, 0.15) is 42.3 Å². The molecule has 2 N–H and O–H groups in total. The van der Waals surface area contributed by atoms with Crippen molar-refractivity contribution in [3.63, 3.8) is 0 Å². The van der Waals surface area contributed by atoms with Gasteiger partial charge in [-0.05, 0) is 30.5 Å². The van der Waals surface area contributed by atoms with E-state index in [9.17, 15) is 4.79 Å². The zero-order chi connectivity index (χ0) is 20.4. The average Bonchev–Trinajstić information content (AvgIpc) is 3.06. The molecule has 8 nitrogen and oxygen atoms in total. The molecular formula is C19H21ClN2O6. The predicted octanol–water partition coefficient (Wildman–Crippen LogP) is 3.61. The fourth-order valence-electron chi connectivity index (χ4n) is 3.03. The van der Waals surface area contributed by atoms with E-state index in [1.54, 1.807) is 39.1 Å². The minimum Gasteiger partial charge on any atom is -0.422 e. The van der Waals surface area contributed by atoms with Crippen LogP contribution in [0.5, 0.6) is 5.75 Å². The van der Waals surface area contributed by atoms with Crippen molar-refractivity contribution in [2.24, 2.45) is 5.92 Å². The molecule has 1 aliphatic heterocycles. The van der Waals surface area contributed by atoms with E-state index in [-0.39, 0.29) is 24.4 Å². The van der Waals surface area contributed by atoms with E-state index in [0.717, 1.165) is 11.1 Å². The SMILES string of the molecule is Cc1ncc2c(c1OC(=O)[C@@H](ON(O)O)C(C)C)COC2c1ccc(Cl)cc1. The summed E-state index contributed by atoms with van der Waals surface area (Å²) in [7, 11) is 0. The number of carbonyl (C=O) groups excluding carboxylic acids is 1. The molecule has 0 bridgehead atoms. The summed E-state index contributed by atoms with van der Waals surface area (Å²) >= 11 is 5.95. The Labute approximate surface area is 167 Å². The van der Waals surface area contributed by atoms with E-state index in [1.807, 2.05) is 12.1 Å². The Morgan fingerprint density at radius 2 is 2.00 bits per heavy atom. The maximum Gasteiger partial charge on any atom is 0.343 e. The largest absolute Gasteiger partial charge is 0.422 e. The first-order valence-corrected chi connectivity index (χ1v) is 9.07. The minimum absolute atomic E-state index is 0.244. The molecule has 0 radical (unpaired) electrons. The second-order valence-corrected chi connectivity index (χ2v) is 7.23. The normalized spacial score (nSPS) is 17.1. The topological polar surface area (TPSA) is 101 Å². The summed E-state index contributed by atoms with van der Waals surface area (Å²) in [5.74, 6) is -0.843. The number of rotatable bonds is 6. The van der Waals surface area contributed by atoms with Gasteiger partial charge in [-0.3, -0.25) is 15.4 Å². The molecule has 9 heteroatoms. The molecule has 1 unspecified atom stereocenters. The zero-order valence-corrected chi connectivity index (χ0v) is 16.4. The lowest BCUT2D eigenvalue weighted by molar-refractivity contribution is -0.503. The van der Waals surface area contributed by atoms with Crippen LogP contribution in [0.3, 0.4) is 0 Å². The van der Waals surface area contributed by atoms with Gasteiger partial charge in [-0.25, -0.2) is 9.63 Å². The maximum atomic E-state index is 12.6. The number of carbonyl (C=O) groups is 1. The Morgan fingerprint density at radius 3 is 2.61 bits per heavy atom. The van der Waals surface area contributed by atoms with Crippen LogP contribution in [0.25, 0.3) is 0 Å². The van der Waals surface area contributed by atoms with E-state index >= 15 is 0 Å². The van der Waals surface area contributed by atoms with Crippen LogP contribution in [0, 0.1) is 12.8 Å². The van der Waals surface area contributed by atoms with Crippen LogP contribution in [0.15, 0.2) is 30.5 Å². The van der Waals surface area contributed by atoms with Crippen LogP contribution >= 0.6 is 11.6 Å². The number of halogens is 1. The Kier molecular flexibility index (Phi) is 6.29. The number of hydrogen-bond acceptors (Lipinski definition) is 8. The van der Waals surface area contributed by atoms with Crippen molar-refractivity contribution in [1.29, 1.82) is 0 Å². The van der Waals surface area contributed by atoms with Crippen molar-refractivity contribution in [2.45, 2.75) is 39.6 Å². The first-order valence-electron chi connectivity index (χ1n) is 8.69. The Bertz CT molecular complexity index is 856. The highest BCUT2D eigenvalue weighted by molar-refractivity contribution is 6.30. The number of fused-ring (bicyclic) bond motifs is 1. The molecule has 1 aromatic heterocycles. The molecule has 0 spiro atoms. The number of esters is 1. The Hall–Kier alpha value is -2.07. The molecule has 1 aliphatic rings. The average molecular weight is 409 g/mol. The second kappa shape index (κ2) is 8.52. The predicted molar refractivity (Wildman–Crippen MR) is 97.8 cm³/mol. The summed E-state index contributed by atoms with van der Waals surface area (Å²) < 4.78 is 11.4. The molecule has 2 aromatic rings. The highest BCUT2D eigenvalue weighted by atomic mass is 35.5. The van der Waals surface area contributed by atoms with Crippen molar-refractivity contribution in [2.75, 3.05) is 0 Å². The summed E-state index contributed by atoms with van der Waals surface area (Å²) in [6, 6.07) is 7.29. The first kappa shape index (κ1) is 20.7. The molecule has 0 amide bonds. The van der Waals surface area contributed by atoms with Gasteiger partial charge in [-0.1, -0.05) is 37.6 Å². The van der Waals surface area contributed by atoms with Gasteiger partial charge in [0.05, 0.1) is 17.7 Å². The van der Waals surface area contributed by atoms with E-state index < -0.39 is 17.5 Å². The lowest BCUT2D eigenvalue weighted by atomic mass is 10.00. The molecule has 1 aromatic carbocycles. The summed E-state index contributed by atoms with van der Waals surface area (Å²) in [6.45, 7) is 5.34. The van der Waals surface area contributed by atoms with Crippen molar-refractivity contribution in [3.05, 3.63) is 57.9 Å². The molecule has 150 valence electrons. The van der Waals surface area contributed by atoms with E-state index in [4.69, 9.17) is 36.3 Å². The van der Waals surface area contributed by atoms with Crippen molar-refractivity contribution < 1.29 is 29.5 Å². The third kappa shape index (κ3) is 4.33. The monoisotopic (exact) mass is 408 g/mol. The molecule has 28 heavy (non-hydrogen) atoms. The van der Waals surface area contributed by atoms with Gasteiger partial charge in [0.25, 0.3) is 0 Å². The molecule has 3 rings (SSSR count). The molecule has 2 atom stereocenters. The number of benzene rings is 1. The van der Waals surface area contributed by atoms with Crippen molar-refractivity contribution >= 4 is 17.6 Å². The van der Waals surface area contributed by atoms with E-state index in [0.29, 0.717) is 16.3 Å². The zero-order valence-electron chi connectivity index (χ0n) is 15.6. The molecule has 0 aliphatic carbocycles. The van der Waals surface area contributed by atoms with Gasteiger partial charge >= 0.3 is 5.97 Å². The third-order valence-corrected chi connectivity index (χ3v) is 4.70. The standard InChI is InChI=1S/C19H21ClN2O6/c1-10(2)16(28-22(24)25)19(23)27-17-11(3)21-8-14-15(17)9-26-18(14)12-4-6-13(20)7-5-12/h4-8,10,16,18,24-25H,9H2,1-3H3/t16-,18?/m0/s1. The van der Waals surface area contributed by atoms with Gasteiger partial charge in [-0.2, -0.15) is 0 Å². The lowest BCUT2D eigenvalue weighted by Gasteiger charge is -2.21. The molecule has 0 saturated heterocycles. The fraction of sp³-hybridized carbons (Fsp3) is 0.368. The highest BCUT2D eigenvalue weighted by Crippen LogP contribution is 2.41. The number of aryl methyl sites for hydroxylation is 1. The number of pyridine rings is 1. The van der Waals surface area contributed by atoms with Crippen LogP contribution in [-0.4, -0.2) is 32.9 Å². The van der Waals surface area contributed by atoms with Crippen LogP contribution < -0.4 is 4.74 Å². The van der Waals surface area contributed by atoms with Crippen molar-refractivity contribution in [1.82, 2.24) is 10.4 Å². The number of ether oxygens (including phenoxy) is 2. The molecule has 0 fully saturated rings. The summed E-state index contributed by atoms with van der Waals surface area (Å²) in [5, 5.41) is 17.9. The molecule has 2 heterocycles. The molecular weight excluding hydrogens is 388 g/mol. The summed E-state index contributed by atoms with van der Waals surface area (Å²) in [4.78, 5) is 21.6. The lowest BCUT2D eigenvalue weighted by Crippen LogP contribution is -2.38. The number of nitrogens with zero attached hydrogens (tertiary/aromatic N) is 2.